The highest BCUT2D eigenvalue weighted by molar-refractivity contribution is 7.11. The van der Waals surface area contributed by atoms with Gasteiger partial charge in [-0.2, -0.15) is 0 Å². The fraction of sp³-hybridized carbons (Fsp3) is 0.333. The summed E-state index contributed by atoms with van der Waals surface area (Å²) in [5.74, 6) is 4.80. The van der Waals surface area contributed by atoms with Gasteiger partial charge in [0.1, 0.15) is 0 Å². The number of nitrogen functional groups attached to an aromatic ring is 1. The van der Waals surface area contributed by atoms with Crippen molar-refractivity contribution in [2.45, 2.75) is 25.9 Å². The van der Waals surface area contributed by atoms with Crippen LogP contribution in [0.2, 0.25) is 0 Å². The maximum Gasteiger partial charge on any atom is 0.294 e. The largest absolute Gasteiger partial charge is 0.294 e. The van der Waals surface area contributed by atoms with E-state index in [1.54, 1.807) is 0 Å². The number of nitrogens with two attached hydrogens (primary N) is 1. The maximum atomic E-state index is 11.4. The lowest BCUT2D eigenvalue weighted by Gasteiger charge is -2.19. The van der Waals surface area contributed by atoms with E-state index in [9.17, 15) is 4.79 Å². The molecule has 6 heteroatoms. The van der Waals surface area contributed by atoms with Crippen LogP contribution in [0.1, 0.15) is 33.0 Å². The van der Waals surface area contributed by atoms with Crippen molar-refractivity contribution >= 4 is 17.2 Å². The first kappa shape index (κ1) is 14.2. The van der Waals surface area contributed by atoms with Gasteiger partial charge in [0, 0.05) is 18.5 Å². The average molecular weight is 302 g/mol. The minimum atomic E-state index is -0.326. The molecule has 0 fully saturated rings. The SMILES string of the molecule is NNC(=O)c1nc(CN2CCCc3ccccc3C2)cs1. The number of aromatic nitrogens is 1. The quantitative estimate of drug-likeness (QED) is 0.514. The highest BCUT2D eigenvalue weighted by atomic mass is 32.1. The Hall–Kier alpha value is -1.76. The number of fused-ring (bicyclic) bond motifs is 1. The van der Waals surface area contributed by atoms with Crippen molar-refractivity contribution in [2.75, 3.05) is 6.54 Å². The molecule has 0 unspecified atom stereocenters. The van der Waals surface area contributed by atoms with Gasteiger partial charge in [0.15, 0.2) is 5.01 Å². The Kier molecular flexibility index (Phi) is 4.28. The molecule has 0 saturated carbocycles. The predicted octanol–water partition coefficient (Wildman–Crippen LogP) is 1.69. The lowest BCUT2D eigenvalue weighted by molar-refractivity contribution is 0.0953. The van der Waals surface area contributed by atoms with Gasteiger partial charge in [0.05, 0.1) is 5.69 Å². The molecule has 0 atom stereocenters. The molecule has 0 aliphatic carbocycles. The van der Waals surface area contributed by atoms with Crippen LogP contribution in [0.5, 0.6) is 0 Å². The monoisotopic (exact) mass is 302 g/mol. The van der Waals surface area contributed by atoms with Crippen LogP contribution in [0.4, 0.5) is 0 Å². The Morgan fingerprint density at radius 3 is 3.00 bits per heavy atom. The molecule has 0 spiro atoms. The van der Waals surface area contributed by atoms with Gasteiger partial charge in [-0.3, -0.25) is 15.1 Å². The van der Waals surface area contributed by atoms with Crippen LogP contribution in [0.15, 0.2) is 29.6 Å². The number of aryl methyl sites for hydroxylation is 1. The van der Waals surface area contributed by atoms with Gasteiger partial charge in [-0.25, -0.2) is 10.8 Å². The number of nitrogens with zero attached hydrogens (tertiary/aromatic N) is 2. The zero-order chi connectivity index (χ0) is 14.7. The number of carbonyl (C=O) groups excluding carboxylic acids is 1. The molecule has 5 nitrogen and oxygen atoms in total. The second kappa shape index (κ2) is 6.34. The molecule has 3 rings (SSSR count). The fourth-order valence-electron chi connectivity index (χ4n) is 2.68. The molecule has 21 heavy (non-hydrogen) atoms. The van der Waals surface area contributed by atoms with Crippen molar-refractivity contribution in [1.29, 1.82) is 0 Å². The van der Waals surface area contributed by atoms with Gasteiger partial charge in [-0.15, -0.1) is 11.3 Å². The number of hydrazine groups is 1. The lowest BCUT2D eigenvalue weighted by Crippen LogP contribution is -2.30. The summed E-state index contributed by atoms with van der Waals surface area (Å²) in [4.78, 5) is 18.2. The van der Waals surface area contributed by atoms with Crippen LogP contribution in [-0.4, -0.2) is 22.3 Å². The maximum absolute atomic E-state index is 11.4. The molecule has 0 radical (unpaired) electrons. The molecule has 1 aliphatic rings. The van der Waals surface area contributed by atoms with E-state index >= 15 is 0 Å². The summed E-state index contributed by atoms with van der Waals surface area (Å²) in [7, 11) is 0. The Balaban J connectivity index is 1.70. The number of nitrogens with one attached hydrogen (secondary N) is 1. The van der Waals surface area contributed by atoms with E-state index in [0.29, 0.717) is 5.01 Å². The molecule has 2 heterocycles. The molecule has 1 aromatic heterocycles. The second-order valence-electron chi connectivity index (χ2n) is 5.20. The van der Waals surface area contributed by atoms with E-state index in [4.69, 9.17) is 5.84 Å². The molecule has 1 amide bonds. The lowest BCUT2D eigenvalue weighted by atomic mass is 10.0. The van der Waals surface area contributed by atoms with Crippen LogP contribution >= 0.6 is 11.3 Å². The summed E-state index contributed by atoms with van der Waals surface area (Å²) in [6.07, 6.45) is 2.28. The first-order chi connectivity index (χ1) is 10.3. The molecule has 0 bridgehead atoms. The minimum Gasteiger partial charge on any atom is -0.293 e. The second-order valence-corrected chi connectivity index (χ2v) is 6.06. The third-order valence-corrected chi connectivity index (χ3v) is 4.59. The first-order valence-electron chi connectivity index (χ1n) is 7.01. The van der Waals surface area contributed by atoms with Gasteiger partial charge < -0.3 is 0 Å². The van der Waals surface area contributed by atoms with Crippen LogP contribution in [0.25, 0.3) is 0 Å². The standard InChI is InChI=1S/C15H18N4OS/c16-18-14(20)15-17-13(10-21-15)9-19-7-3-6-11-4-1-2-5-12(11)8-19/h1-2,4-5,10H,3,6-9,16H2,(H,18,20). The van der Waals surface area contributed by atoms with E-state index in [0.717, 1.165) is 38.2 Å². The van der Waals surface area contributed by atoms with Crippen LogP contribution in [0.3, 0.4) is 0 Å². The number of rotatable bonds is 3. The number of amides is 1. The third kappa shape index (κ3) is 3.29. The predicted molar refractivity (Wildman–Crippen MR) is 82.6 cm³/mol. The van der Waals surface area contributed by atoms with Crippen molar-refractivity contribution in [3.63, 3.8) is 0 Å². The van der Waals surface area contributed by atoms with Crippen molar-refractivity contribution in [3.8, 4) is 0 Å². The normalized spacial score (nSPS) is 15.3. The van der Waals surface area contributed by atoms with Gasteiger partial charge in [0.2, 0.25) is 0 Å². The van der Waals surface area contributed by atoms with Gasteiger partial charge >= 0.3 is 0 Å². The third-order valence-electron chi connectivity index (χ3n) is 3.70. The Labute approximate surface area is 127 Å². The van der Waals surface area contributed by atoms with Crippen LogP contribution in [-0.2, 0) is 19.5 Å². The van der Waals surface area contributed by atoms with E-state index in [1.807, 2.05) is 5.38 Å². The smallest absolute Gasteiger partial charge is 0.293 e. The number of hydrogen-bond donors (Lipinski definition) is 2. The zero-order valence-corrected chi connectivity index (χ0v) is 12.5. The Morgan fingerprint density at radius 2 is 2.19 bits per heavy atom. The van der Waals surface area contributed by atoms with Crippen molar-refractivity contribution < 1.29 is 4.79 Å². The summed E-state index contributed by atoms with van der Waals surface area (Å²) < 4.78 is 0. The van der Waals surface area contributed by atoms with Crippen molar-refractivity contribution in [1.82, 2.24) is 15.3 Å². The number of thiazole rings is 1. The molecule has 110 valence electrons. The van der Waals surface area contributed by atoms with Gasteiger partial charge in [-0.05, 0) is 30.5 Å². The summed E-state index contributed by atoms with van der Waals surface area (Å²) in [5, 5.41) is 2.35. The number of benzene rings is 1. The van der Waals surface area contributed by atoms with Crippen molar-refractivity contribution in [3.05, 3.63) is 51.5 Å². The highest BCUT2D eigenvalue weighted by Gasteiger charge is 2.16. The summed E-state index contributed by atoms with van der Waals surface area (Å²) in [6.45, 7) is 2.75. The fourth-order valence-corrected chi connectivity index (χ4v) is 3.39. The topological polar surface area (TPSA) is 71.2 Å². The molecular formula is C15H18N4OS. The van der Waals surface area contributed by atoms with Gasteiger partial charge in [-0.1, -0.05) is 24.3 Å². The van der Waals surface area contributed by atoms with Crippen molar-refractivity contribution in [2.24, 2.45) is 5.84 Å². The summed E-state index contributed by atoms with van der Waals surface area (Å²) in [6, 6.07) is 8.61. The van der Waals surface area contributed by atoms with E-state index in [-0.39, 0.29) is 5.91 Å². The molecule has 0 saturated heterocycles. The van der Waals surface area contributed by atoms with Gasteiger partial charge in [0.25, 0.3) is 5.91 Å². The Bertz CT molecular complexity index is 640. The summed E-state index contributed by atoms with van der Waals surface area (Å²) in [5.41, 5.74) is 5.88. The number of hydrogen-bond acceptors (Lipinski definition) is 5. The first-order valence-corrected chi connectivity index (χ1v) is 7.88. The van der Waals surface area contributed by atoms with E-state index in [2.05, 4.69) is 39.6 Å². The zero-order valence-electron chi connectivity index (χ0n) is 11.7. The van der Waals surface area contributed by atoms with Crippen LogP contribution < -0.4 is 11.3 Å². The summed E-state index contributed by atoms with van der Waals surface area (Å²) >= 11 is 1.33. The molecule has 2 aromatic rings. The van der Waals surface area contributed by atoms with E-state index < -0.39 is 0 Å². The highest BCUT2D eigenvalue weighted by Crippen LogP contribution is 2.20. The Morgan fingerprint density at radius 1 is 1.38 bits per heavy atom. The average Bonchev–Trinajstić information content (AvgIpc) is 2.86. The molecule has 1 aromatic carbocycles. The minimum absolute atomic E-state index is 0.326. The van der Waals surface area contributed by atoms with E-state index in [1.165, 1.54) is 22.5 Å². The number of carbonyl (C=O) groups is 1. The molecule has 1 aliphatic heterocycles. The molecule has 3 N–H and O–H groups in total. The molecular weight excluding hydrogens is 284 g/mol. The van der Waals surface area contributed by atoms with Crippen LogP contribution in [0, 0.1) is 0 Å².